The Hall–Kier alpha value is -2.92. The molecule has 2 heterocycles. The lowest BCUT2D eigenvalue weighted by atomic mass is 9.89. The Bertz CT molecular complexity index is 1570. The maximum atomic E-state index is 13.6. The van der Waals surface area contributed by atoms with Crippen LogP contribution in [-0.2, 0) is 16.6 Å². The molecule has 1 fully saturated rings. The van der Waals surface area contributed by atoms with Gasteiger partial charge in [-0.3, -0.25) is 0 Å². The number of rotatable bonds is 8. The van der Waals surface area contributed by atoms with Gasteiger partial charge in [-0.25, -0.2) is 17.2 Å². The first-order chi connectivity index (χ1) is 18.7. The van der Waals surface area contributed by atoms with Crippen molar-refractivity contribution in [3.63, 3.8) is 0 Å². The molecule has 1 aliphatic rings. The summed E-state index contributed by atoms with van der Waals surface area (Å²) in [7, 11) is 0.0758. The number of benzene rings is 3. The normalized spacial score (nSPS) is 16.6. The second-order valence-electron chi connectivity index (χ2n) is 9.69. The van der Waals surface area contributed by atoms with Crippen molar-refractivity contribution >= 4 is 38.6 Å². The Kier molecular flexibility index (Phi) is 8.00. The van der Waals surface area contributed by atoms with Gasteiger partial charge in [-0.1, -0.05) is 11.9 Å². The highest BCUT2D eigenvalue weighted by molar-refractivity contribution is 7.99. The summed E-state index contributed by atoms with van der Waals surface area (Å²) >= 11 is 1.56. The Morgan fingerprint density at radius 2 is 1.74 bits per heavy atom. The summed E-state index contributed by atoms with van der Waals surface area (Å²) in [6.45, 7) is 1.29. The number of hydrogen-bond acceptors (Lipinski definition) is 6. The number of fused-ring (bicyclic) bond motifs is 1. The maximum absolute atomic E-state index is 13.6. The molecule has 206 valence electrons. The summed E-state index contributed by atoms with van der Waals surface area (Å²) in [6.07, 6.45) is 3.53. The summed E-state index contributed by atoms with van der Waals surface area (Å²) in [5.74, 6) is -0.150. The third kappa shape index (κ3) is 5.43. The van der Waals surface area contributed by atoms with Crippen molar-refractivity contribution in [2.75, 3.05) is 37.7 Å². The maximum Gasteiger partial charge on any atom is 0.243 e. The molecule has 10 heteroatoms. The van der Waals surface area contributed by atoms with Gasteiger partial charge in [0, 0.05) is 55.5 Å². The van der Waals surface area contributed by atoms with E-state index in [1.807, 2.05) is 26.4 Å². The van der Waals surface area contributed by atoms with E-state index in [0.717, 1.165) is 34.2 Å². The van der Waals surface area contributed by atoms with E-state index >= 15 is 0 Å². The molecule has 3 aromatic carbocycles. The fourth-order valence-corrected chi connectivity index (χ4v) is 7.13. The SMILES string of the molecule is CNCc1c(-c2ccc(F)cc2)oc2cc(N(C)SC)c([C@H]3CCCN(S(=O)(=O)c4ccc(F)cc4)C3)cc12. The van der Waals surface area contributed by atoms with E-state index in [2.05, 4.69) is 15.7 Å². The van der Waals surface area contributed by atoms with Gasteiger partial charge < -0.3 is 14.0 Å². The highest BCUT2D eigenvalue weighted by Gasteiger charge is 2.33. The van der Waals surface area contributed by atoms with Gasteiger partial charge in [-0.05, 0) is 86.0 Å². The van der Waals surface area contributed by atoms with Crippen molar-refractivity contribution in [1.82, 2.24) is 9.62 Å². The Morgan fingerprint density at radius 3 is 2.38 bits per heavy atom. The van der Waals surface area contributed by atoms with E-state index in [-0.39, 0.29) is 16.6 Å². The van der Waals surface area contributed by atoms with Gasteiger partial charge in [0.2, 0.25) is 10.0 Å². The Morgan fingerprint density at radius 1 is 1.08 bits per heavy atom. The van der Waals surface area contributed by atoms with Crippen LogP contribution in [0.5, 0.6) is 0 Å². The van der Waals surface area contributed by atoms with Gasteiger partial charge in [0.05, 0.1) is 10.6 Å². The molecule has 39 heavy (non-hydrogen) atoms. The second-order valence-corrected chi connectivity index (χ2v) is 12.5. The molecule has 0 bridgehead atoms. The molecule has 0 unspecified atom stereocenters. The second kappa shape index (κ2) is 11.3. The lowest BCUT2D eigenvalue weighted by Crippen LogP contribution is -2.39. The number of furan rings is 1. The summed E-state index contributed by atoms with van der Waals surface area (Å²) in [5.41, 5.74) is 4.46. The minimum atomic E-state index is -3.76. The number of halogens is 2. The predicted octanol–water partition coefficient (Wildman–Crippen LogP) is 6.38. The van der Waals surface area contributed by atoms with Crippen LogP contribution in [0.2, 0.25) is 0 Å². The molecule has 5 rings (SSSR count). The highest BCUT2D eigenvalue weighted by Crippen LogP contribution is 2.42. The fraction of sp³-hybridized carbons (Fsp3) is 0.310. The molecule has 0 radical (unpaired) electrons. The van der Waals surface area contributed by atoms with Crippen molar-refractivity contribution in [3.05, 3.63) is 83.4 Å². The van der Waals surface area contributed by atoms with Crippen LogP contribution < -0.4 is 9.62 Å². The van der Waals surface area contributed by atoms with Crippen LogP contribution in [-0.4, -0.2) is 46.2 Å². The van der Waals surface area contributed by atoms with Crippen LogP contribution in [0.15, 0.2) is 70.0 Å². The molecule has 0 amide bonds. The minimum absolute atomic E-state index is 0.0467. The third-order valence-corrected chi connectivity index (χ3v) is 9.91. The summed E-state index contributed by atoms with van der Waals surface area (Å²) in [6, 6.07) is 15.4. The quantitative estimate of drug-likeness (QED) is 0.248. The zero-order valence-electron chi connectivity index (χ0n) is 22.1. The molecule has 1 saturated heterocycles. The molecule has 1 aromatic heterocycles. The molecule has 4 aromatic rings. The van der Waals surface area contributed by atoms with E-state index in [1.165, 1.54) is 40.7 Å². The molecule has 6 nitrogen and oxygen atoms in total. The third-order valence-electron chi connectivity index (χ3n) is 7.29. The van der Waals surface area contributed by atoms with Crippen LogP contribution in [0.3, 0.4) is 0 Å². The lowest BCUT2D eigenvalue weighted by molar-refractivity contribution is 0.316. The molecule has 1 atom stereocenters. The smallest absolute Gasteiger partial charge is 0.243 e. The van der Waals surface area contributed by atoms with E-state index in [0.29, 0.717) is 37.4 Å². The van der Waals surface area contributed by atoms with Crippen LogP contribution >= 0.6 is 11.9 Å². The van der Waals surface area contributed by atoms with E-state index in [1.54, 1.807) is 24.1 Å². The first-order valence-electron chi connectivity index (χ1n) is 12.8. The summed E-state index contributed by atoms with van der Waals surface area (Å²) < 4.78 is 63.9. The summed E-state index contributed by atoms with van der Waals surface area (Å²) in [4.78, 5) is 0.0940. The fourth-order valence-electron chi connectivity index (χ4n) is 5.25. The number of sulfonamides is 1. The average molecular weight is 572 g/mol. The number of piperidine rings is 1. The number of hydrogen-bond donors (Lipinski definition) is 1. The molecular weight excluding hydrogens is 540 g/mol. The predicted molar refractivity (Wildman–Crippen MR) is 153 cm³/mol. The average Bonchev–Trinajstić information content (AvgIpc) is 3.30. The van der Waals surface area contributed by atoms with E-state index < -0.39 is 15.8 Å². The van der Waals surface area contributed by atoms with E-state index in [9.17, 15) is 17.2 Å². The standard InChI is InChI=1S/C29H31F2N3O3S2/c1-32-17-26-25-15-24(20-5-4-14-34(18-20)39(35,36)23-12-10-22(31)11-13-23)27(33(2)38-3)16-28(25)37-29(26)19-6-8-21(30)9-7-19/h6-13,15-16,20,32H,4-5,14,17-18H2,1-3H3/t20-/m0/s1. The minimum Gasteiger partial charge on any atom is -0.456 e. The van der Waals surface area contributed by atoms with Gasteiger partial charge in [-0.2, -0.15) is 4.31 Å². The molecule has 0 spiro atoms. The van der Waals surface area contributed by atoms with Crippen LogP contribution in [0.1, 0.15) is 29.9 Å². The molecule has 1 aliphatic heterocycles. The first-order valence-corrected chi connectivity index (χ1v) is 15.4. The topological polar surface area (TPSA) is 65.8 Å². The van der Waals surface area contributed by atoms with Crippen LogP contribution in [0, 0.1) is 11.6 Å². The van der Waals surface area contributed by atoms with Crippen LogP contribution in [0.25, 0.3) is 22.3 Å². The van der Waals surface area contributed by atoms with Crippen molar-refractivity contribution in [3.8, 4) is 11.3 Å². The van der Waals surface area contributed by atoms with Gasteiger partial charge >= 0.3 is 0 Å². The molecule has 0 saturated carbocycles. The molecular formula is C29H31F2N3O3S2. The zero-order valence-corrected chi connectivity index (χ0v) is 23.7. The van der Waals surface area contributed by atoms with Gasteiger partial charge in [0.15, 0.2) is 0 Å². The number of nitrogens with zero attached hydrogens (tertiary/aromatic N) is 2. The first kappa shape index (κ1) is 27.6. The lowest BCUT2D eigenvalue weighted by Gasteiger charge is -2.34. The van der Waals surface area contributed by atoms with Gasteiger partial charge in [0.25, 0.3) is 0 Å². The summed E-state index contributed by atoms with van der Waals surface area (Å²) in [5, 5.41) is 4.16. The molecule has 1 N–H and O–H groups in total. The van der Waals surface area contributed by atoms with Crippen molar-refractivity contribution < 1.29 is 21.6 Å². The Labute approximate surface area is 232 Å². The van der Waals surface area contributed by atoms with Gasteiger partial charge in [0.1, 0.15) is 23.0 Å². The molecule has 0 aliphatic carbocycles. The largest absolute Gasteiger partial charge is 0.456 e. The van der Waals surface area contributed by atoms with Gasteiger partial charge in [-0.15, -0.1) is 0 Å². The van der Waals surface area contributed by atoms with Crippen molar-refractivity contribution in [2.24, 2.45) is 0 Å². The monoisotopic (exact) mass is 571 g/mol. The van der Waals surface area contributed by atoms with E-state index in [4.69, 9.17) is 4.42 Å². The highest BCUT2D eigenvalue weighted by atomic mass is 32.2. The van der Waals surface area contributed by atoms with Crippen molar-refractivity contribution in [1.29, 1.82) is 0 Å². The Balaban J connectivity index is 1.59. The van der Waals surface area contributed by atoms with Crippen LogP contribution in [0.4, 0.5) is 14.5 Å². The zero-order chi connectivity index (χ0) is 27.7. The number of nitrogens with one attached hydrogen (secondary N) is 1. The number of anilines is 1. The van der Waals surface area contributed by atoms with Crippen molar-refractivity contribution in [2.45, 2.75) is 30.2 Å².